The van der Waals surface area contributed by atoms with Crippen molar-refractivity contribution in [2.24, 2.45) is 0 Å². The number of aromatic amines is 1. The van der Waals surface area contributed by atoms with Gasteiger partial charge in [0.05, 0.1) is 4.88 Å². The summed E-state index contributed by atoms with van der Waals surface area (Å²) in [5.74, 6) is 0.100. The predicted molar refractivity (Wildman–Crippen MR) is 122 cm³/mol. The molecule has 0 spiro atoms. The Morgan fingerprint density at radius 1 is 1.07 bits per heavy atom. The van der Waals surface area contributed by atoms with Crippen LogP contribution in [0.1, 0.15) is 33.4 Å². The van der Waals surface area contributed by atoms with Gasteiger partial charge in [-0.2, -0.15) is 0 Å². The Hall–Kier alpha value is -2.70. The Balaban J connectivity index is 1.42. The average molecular weight is 422 g/mol. The molecule has 0 bridgehead atoms. The number of nitrogens with zero attached hydrogens (tertiary/aromatic N) is 2. The third kappa shape index (κ3) is 4.40. The van der Waals surface area contributed by atoms with Crippen LogP contribution in [-0.4, -0.2) is 46.9 Å². The fraction of sp³-hybridized carbons (Fsp3) is 0.333. The number of hydrogen-bond acceptors (Lipinski definition) is 4. The molecule has 1 aromatic carbocycles. The van der Waals surface area contributed by atoms with Gasteiger partial charge in [0.1, 0.15) is 0 Å². The molecule has 1 aliphatic heterocycles. The Kier molecular flexibility index (Phi) is 6.16. The van der Waals surface area contributed by atoms with Crippen LogP contribution in [-0.2, 0) is 13.0 Å². The van der Waals surface area contributed by atoms with Gasteiger partial charge in [-0.05, 0) is 37.1 Å². The summed E-state index contributed by atoms with van der Waals surface area (Å²) >= 11 is 1.50. The highest BCUT2D eigenvalue weighted by atomic mass is 32.1. The lowest BCUT2D eigenvalue weighted by molar-refractivity contribution is 0.0633. The largest absolute Gasteiger partial charge is 0.335 e. The zero-order valence-corrected chi connectivity index (χ0v) is 18.3. The summed E-state index contributed by atoms with van der Waals surface area (Å²) in [6.07, 6.45) is 0.688. The number of benzene rings is 1. The number of piperazine rings is 1. The summed E-state index contributed by atoms with van der Waals surface area (Å²) in [6, 6.07) is 16.3. The molecule has 2 aromatic heterocycles. The number of H-pyrrole nitrogens is 1. The van der Waals surface area contributed by atoms with Crippen LogP contribution in [0.4, 0.5) is 0 Å². The Morgan fingerprint density at radius 2 is 1.80 bits per heavy atom. The molecule has 5 nitrogen and oxygen atoms in total. The van der Waals surface area contributed by atoms with Crippen molar-refractivity contribution in [3.05, 3.63) is 80.6 Å². The van der Waals surface area contributed by atoms with Gasteiger partial charge in [0.25, 0.3) is 11.5 Å². The Bertz CT molecular complexity index is 1080. The number of carbonyl (C=O) groups excluding carboxylic acids is 1. The van der Waals surface area contributed by atoms with E-state index in [1.165, 1.54) is 16.9 Å². The standard InChI is InChI=1S/C24H27N3O2S/c1-3-19-15-20(17(2)25-23(19)28)21-9-10-22(30-21)24(29)27-13-11-26(12-14-27)16-18-7-5-4-6-8-18/h4-10,15H,3,11-14,16H2,1-2H3,(H,25,28). The minimum Gasteiger partial charge on any atom is -0.335 e. The number of nitrogens with one attached hydrogen (secondary N) is 1. The molecule has 156 valence electrons. The lowest BCUT2D eigenvalue weighted by Gasteiger charge is -2.34. The Morgan fingerprint density at radius 3 is 2.50 bits per heavy atom. The van der Waals surface area contributed by atoms with Crippen LogP contribution in [0.15, 0.2) is 53.3 Å². The molecule has 1 saturated heterocycles. The molecule has 6 heteroatoms. The van der Waals surface area contributed by atoms with Crippen molar-refractivity contribution in [2.45, 2.75) is 26.8 Å². The van der Waals surface area contributed by atoms with Gasteiger partial charge in [-0.1, -0.05) is 37.3 Å². The first-order valence-corrected chi connectivity index (χ1v) is 11.3. The van der Waals surface area contributed by atoms with Gasteiger partial charge in [-0.15, -0.1) is 11.3 Å². The summed E-state index contributed by atoms with van der Waals surface area (Å²) < 4.78 is 0. The van der Waals surface area contributed by atoms with Gasteiger partial charge >= 0.3 is 0 Å². The van der Waals surface area contributed by atoms with Crippen LogP contribution in [0.2, 0.25) is 0 Å². The quantitative estimate of drug-likeness (QED) is 0.679. The zero-order chi connectivity index (χ0) is 21.1. The van der Waals surface area contributed by atoms with Gasteiger partial charge in [0.2, 0.25) is 0 Å². The lowest BCUT2D eigenvalue weighted by Crippen LogP contribution is -2.48. The van der Waals surface area contributed by atoms with E-state index in [9.17, 15) is 9.59 Å². The molecule has 1 amide bonds. The van der Waals surface area contributed by atoms with E-state index in [1.54, 1.807) is 0 Å². The van der Waals surface area contributed by atoms with Gasteiger partial charge in [0.15, 0.2) is 0 Å². The van der Waals surface area contributed by atoms with E-state index >= 15 is 0 Å². The third-order valence-corrected chi connectivity index (χ3v) is 6.79. The van der Waals surface area contributed by atoms with Crippen LogP contribution >= 0.6 is 11.3 Å². The monoisotopic (exact) mass is 421 g/mol. The molecule has 0 atom stereocenters. The van der Waals surface area contributed by atoms with E-state index in [4.69, 9.17) is 0 Å². The van der Waals surface area contributed by atoms with Crippen LogP contribution < -0.4 is 5.56 Å². The lowest BCUT2D eigenvalue weighted by atomic mass is 10.1. The molecule has 0 aliphatic carbocycles. The van der Waals surface area contributed by atoms with E-state index in [-0.39, 0.29) is 11.5 Å². The number of carbonyl (C=O) groups is 1. The summed E-state index contributed by atoms with van der Waals surface area (Å²) in [5, 5.41) is 0. The molecule has 30 heavy (non-hydrogen) atoms. The maximum Gasteiger partial charge on any atom is 0.264 e. The fourth-order valence-corrected chi connectivity index (χ4v) is 4.94. The minimum atomic E-state index is -0.0278. The van der Waals surface area contributed by atoms with Crippen LogP contribution in [0.25, 0.3) is 10.4 Å². The number of aryl methyl sites for hydroxylation is 2. The number of amides is 1. The maximum atomic E-state index is 13.0. The van der Waals surface area contributed by atoms with Crippen molar-refractivity contribution in [1.29, 1.82) is 0 Å². The van der Waals surface area contributed by atoms with Gasteiger partial charge in [0, 0.05) is 54.4 Å². The number of rotatable bonds is 5. The highest BCUT2D eigenvalue weighted by molar-refractivity contribution is 7.17. The molecule has 3 aromatic rings. The number of thiophene rings is 1. The summed E-state index contributed by atoms with van der Waals surface area (Å²) in [4.78, 5) is 34.1. The van der Waals surface area contributed by atoms with E-state index in [0.29, 0.717) is 6.42 Å². The molecule has 0 saturated carbocycles. The number of hydrogen-bond donors (Lipinski definition) is 1. The molecule has 3 heterocycles. The second-order valence-corrected chi connectivity index (χ2v) is 8.82. The average Bonchev–Trinajstić information content (AvgIpc) is 3.24. The maximum absolute atomic E-state index is 13.0. The molecule has 4 rings (SSSR count). The highest BCUT2D eigenvalue weighted by Crippen LogP contribution is 2.31. The first-order chi connectivity index (χ1) is 14.5. The van der Waals surface area contributed by atoms with Gasteiger partial charge in [-0.25, -0.2) is 0 Å². The molecule has 0 unspecified atom stereocenters. The summed E-state index contributed by atoms with van der Waals surface area (Å²) in [7, 11) is 0. The van der Waals surface area contributed by atoms with E-state index in [0.717, 1.165) is 59.3 Å². The number of aromatic nitrogens is 1. The molecular formula is C24H27N3O2S. The zero-order valence-electron chi connectivity index (χ0n) is 17.5. The minimum absolute atomic E-state index is 0.0278. The van der Waals surface area contributed by atoms with Gasteiger partial charge in [-0.3, -0.25) is 14.5 Å². The highest BCUT2D eigenvalue weighted by Gasteiger charge is 2.23. The van der Waals surface area contributed by atoms with E-state index in [1.807, 2.05) is 43.0 Å². The smallest absolute Gasteiger partial charge is 0.264 e. The van der Waals surface area contributed by atoms with Crippen molar-refractivity contribution in [3.63, 3.8) is 0 Å². The molecule has 0 radical (unpaired) electrons. The Labute approximate surface area is 181 Å². The van der Waals surface area contributed by atoms with Crippen LogP contribution in [0, 0.1) is 6.92 Å². The van der Waals surface area contributed by atoms with Crippen LogP contribution in [0.5, 0.6) is 0 Å². The van der Waals surface area contributed by atoms with E-state index < -0.39 is 0 Å². The second kappa shape index (κ2) is 8.98. The van der Waals surface area contributed by atoms with E-state index in [2.05, 4.69) is 34.1 Å². The fourth-order valence-electron chi connectivity index (χ4n) is 3.89. The summed E-state index contributed by atoms with van der Waals surface area (Å²) in [6.45, 7) is 8.08. The summed E-state index contributed by atoms with van der Waals surface area (Å²) in [5.41, 5.74) is 3.89. The molecule has 1 fully saturated rings. The van der Waals surface area contributed by atoms with Crippen molar-refractivity contribution >= 4 is 17.2 Å². The van der Waals surface area contributed by atoms with Crippen molar-refractivity contribution < 1.29 is 4.79 Å². The van der Waals surface area contributed by atoms with Crippen molar-refractivity contribution in [2.75, 3.05) is 26.2 Å². The number of pyridine rings is 1. The SMILES string of the molecule is CCc1cc(-c2ccc(C(=O)N3CCN(Cc4ccccc4)CC3)s2)c(C)[nH]c1=O. The van der Waals surface area contributed by atoms with Crippen LogP contribution in [0.3, 0.4) is 0 Å². The normalized spacial score (nSPS) is 14.8. The predicted octanol–water partition coefficient (Wildman–Crippen LogP) is 3.93. The molecule has 1 N–H and O–H groups in total. The molecule has 1 aliphatic rings. The van der Waals surface area contributed by atoms with Gasteiger partial charge < -0.3 is 9.88 Å². The first-order valence-electron chi connectivity index (χ1n) is 10.4. The second-order valence-electron chi connectivity index (χ2n) is 7.73. The van der Waals surface area contributed by atoms with Crippen molar-refractivity contribution in [3.8, 4) is 10.4 Å². The molecular weight excluding hydrogens is 394 g/mol. The first kappa shape index (κ1) is 20.6. The topological polar surface area (TPSA) is 56.4 Å². The van der Waals surface area contributed by atoms with Crippen molar-refractivity contribution in [1.82, 2.24) is 14.8 Å². The third-order valence-electron chi connectivity index (χ3n) is 5.69.